The summed E-state index contributed by atoms with van der Waals surface area (Å²) in [5.74, 6) is 0.226. The third-order valence-electron chi connectivity index (χ3n) is 4.38. The van der Waals surface area contributed by atoms with Gasteiger partial charge in [-0.15, -0.1) is 0 Å². The van der Waals surface area contributed by atoms with Gasteiger partial charge in [-0.1, -0.05) is 0 Å². The molecule has 7 nitrogen and oxygen atoms in total. The Labute approximate surface area is 193 Å². The number of amides is 1. The summed E-state index contributed by atoms with van der Waals surface area (Å²) < 4.78 is 15.9. The predicted molar refractivity (Wildman–Crippen MR) is 123 cm³/mol. The van der Waals surface area contributed by atoms with Gasteiger partial charge < -0.3 is 9.47 Å². The van der Waals surface area contributed by atoms with E-state index in [9.17, 15) is 9.59 Å². The number of nitrogens with zero attached hydrogens (tertiary/aromatic N) is 2. The van der Waals surface area contributed by atoms with E-state index in [1.807, 2.05) is 54.1 Å². The Balaban J connectivity index is 2.07. The van der Waals surface area contributed by atoms with Gasteiger partial charge in [-0.25, -0.2) is 4.68 Å². The van der Waals surface area contributed by atoms with E-state index in [1.54, 1.807) is 7.11 Å². The second kappa shape index (κ2) is 10.0. The lowest BCUT2D eigenvalue weighted by Gasteiger charge is -2.14. The fourth-order valence-corrected chi connectivity index (χ4v) is 4.02. The van der Waals surface area contributed by atoms with Gasteiger partial charge in [0.1, 0.15) is 12.4 Å². The highest BCUT2D eigenvalue weighted by Crippen LogP contribution is 2.35. The molecule has 1 aromatic heterocycles. The number of ether oxygens (including phenoxy) is 2. The van der Waals surface area contributed by atoms with Crippen LogP contribution in [-0.4, -0.2) is 28.8 Å². The number of nitrogens with one attached hydrogen (secondary N) is 1. The highest BCUT2D eigenvalue weighted by molar-refractivity contribution is 9.10. The van der Waals surface area contributed by atoms with Gasteiger partial charge in [0.05, 0.1) is 28.7 Å². The number of aromatic nitrogens is 2. The summed E-state index contributed by atoms with van der Waals surface area (Å²) in [5.41, 5.74) is 4.25. The molecule has 0 spiro atoms. The van der Waals surface area contributed by atoms with E-state index in [2.05, 4.69) is 20.7 Å². The summed E-state index contributed by atoms with van der Waals surface area (Å²) in [5, 5.41) is 4.69. The number of carbonyl (C=O) groups is 2. The number of rotatable bonds is 7. The lowest BCUT2D eigenvalue weighted by atomic mass is 10.1. The first kappa shape index (κ1) is 22.9. The zero-order valence-electron chi connectivity index (χ0n) is 17.6. The molecule has 0 aliphatic heterocycles. The van der Waals surface area contributed by atoms with Crippen molar-refractivity contribution in [3.63, 3.8) is 0 Å². The Morgan fingerprint density at radius 2 is 1.87 bits per heavy atom. The van der Waals surface area contributed by atoms with Crippen LogP contribution in [0.15, 0.2) is 51.8 Å². The van der Waals surface area contributed by atoms with Crippen molar-refractivity contribution in [2.45, 2.75) is 32.3 Å². The minimum Gasteiger partial charge on any atom is -0.497 e. The maximum Gasteiger partial charge on any atom is 0.302 e. The summed E-state index contributed by atoms with van der Waals surface area (Å²) in [6.45, 7) is 4.82. The Morgan fingerprint density at radius 3 is 2.48 bits per heavy atom. The van der Waals surface area contributed by atoms with Crippen LogP contribution >= 0.6 is 27.9 Å². The first-order valence-electron chi connectivity index (χ1n) is 9.39. The standard InChI is InChI=1S/C22H22BrN3O4S/c1-13-21(23)22(16-5-8-19(29-4)9-6-16)26(24-13)18-7-10-20(31-25-14(2)27)17(11-18)12-30-15(3)28/h5-11H,12H2,1-4H3,(H,25,27). The second-order valence-electron chi connectivity index (χ2n) is 6.72. The van der Waals surface area contributed by atoms with Gasteiger partial charge in [0.25, 0.3) is 0 Å². The fraction of sp³-hybridized carbons (Fsp3) is 0.227. The number of benzene rings is 2. The molecule has 162 valence electrons. The molecule has 1 N–H and O–H groups in total. The van der Waals surface area contributed by atoms with Crippen LogP contribution in [0.25, 0.3) is 16.9 Å². The van der Waals surface area contributed by atoms with Gasteiger partial charge in [0, 0.05) is 29.9 Å². The first-order valence-corrected chi connectivity index (χ1v) is 11.0. The lowest BCUT2D eigenvalue weighted by Crippen LogP contribution is -2.11. The molecule has 0 aliphatic rings. The van der Waals surface area contributed by atoms with Gasteiger partial charge in [0.2, 0.25) is 5.91 Å². The molecule has 0 bridgehead atoms. The van der Waals surface area contributed by atoms with Crippen molar-refractivity contribution in [2.75, 3.05) is 7.11 Å². The molecule has 0 unspecified atom stereocenters. The number of hydrogen-bond donors (Lipinski definition) is 1. The van der Waals surface area contributed by atoms with Crippen LogP contribution in [0.4, 0.5) is 0 Å². The molecule has 0 aliphatic carbocycles. The molecule has 1 amide bonds. The smallest absolute Gasteiger partial charge is 0.302 e. The van der Waals surface area contributed by atoms with Crippen molar-refractivity contribution in [2.24, 2.45) is 0 Å². The van der Waals surface area contributed by atoms with E-state index >= 15 is 0 Å². The van der Waals surface area contributed by atoms with Crippen molar-refractivity contribution in [1.82, 2.24) is 14.5 Å². The summed E-state index contributed by atoms with van der Waals surface area (Å²) in [6, 6.07) is 13.4. The van der Waals surface area contributed by atoms with Crippen LogP contribution in [0.3, 0.4) is 0 Å². The lowest BCUT2D eigenvalue weighted by molar-refractivity contribution is -0.142. The molecule has 0 saturated carbocycles. The zero-order valence-corrected chi connectivity index (χ0v) is 20.0. The van der Waals surface area contributed by atoms with E-state index in [1.165, 1.54) is 25.8 Å². The van der Waals surface area contributed by atoms with Crippen LogP contribution in [-0.2, 0) is 20.9 Å². The first-order chi connectivity index (χ1) is 14.8. The van der Waals surface area contributed by atoms with Gasteiger partial charge in [-0.3, -0.25) is 14.3 Å². The van der Waals surface area contributed by atoms with E-state index in [-0.39, 0.29) is 18.5 Å². The van der Waals surface area contributed by atoms with Crippen LogP contribution in [0.5, 0.6) is 5.75 Å². The topological polar surface area (TPSA) is 82.4 Å². The molecule has 31 heavy (non-hydrogen) atoms. The number of methoxy groups -OCH3 is 1. The molecule has 0 saturated heterocycles. The quantitative estimate of drug-likeness (QED) is 0.367. The third kappa shape index (κ3) is 5.48. The van der Waals surface area contributed by atoms with Gasteiger partial charge in [-0.05, 0) is 77.3 Å². The normalized spacial score (nSPS) is 10.6. The van der Waals surface area contributed by atoms with Crippen molar-refractivity contribution in [3.05, 3.63) is 58.2 Å². The molecular formula is C22H22BrN3O4S. The Kier molecular flexibility index (Phi) is 7.40. The van der Waals surface area contributed by atoms with Crippen molar-refractivity contribution in [1.29, 1.82) is 0 Å². The molecule has 3 rings (SSSR count). The fourth-order valence-electron chi connectivity index (χ4n) is 2.91. The van der Waals surface area contributed by atoms with Crippen molar-refractivity contribution >= 4 is 39.8 Å². The number of esters is 1. The average Bonchev–Trinajstić information content (AvgIpc) is 3.05. The van der Waals surface area contributed by atoms with E-state index in [4.69, 9.17) is 14.6 Å². The highest BCUT2D eigenvalue weighted by atomic mass is 79.9. The molecule has 9 heteroatoms. The molecular weight excluding hydrogens is 482 g/mol. The van der Waals surface area contributed by atoms with Gasteiger partial charge in [-0.2, -0.15) is 5.10 Å². The van der Waals surface area contributed by atoms with E-state index < -0.39 is 0 Å². The largest absolute Gasteiger partial charge is 0.497 e. The minimum absolute atomic E-state index is 0.0877. The minimum atomic E-state index is -0.377. The van der Waals surface area contributed by atoms with Crippen molar-refractivity contribution < 1.29 is 19.1 Å². The molecule has 0 radical (unpaired) electrons. The monoisotopic (exact) mass is 503 g/mol. The Morgan fingerprint density at radius 1 is 1.16 bits per heavy atom. The third-order valence-corrected chi connectivity index (χ3v) is 6.33. The van der Waals surface area contributed by atoms with E-state index in [0.29, 0.717) is 0 Å². The average molecular weight is 504 g/mol. The van der Waals surface area contributed by atoms with Gasteiger partial charge in [0.15, 0.2) is 0 Å². The molecule has 2 aromatic carbocycles. The summed E-state index contributed by atoms with van der Waals surface area (Å²) in [6.07, 6.45) is 0. The molecule has 1 heterocycles. The maximum absolute atomic E-state index is 11.4. The van der Waals surface area contributed by atoms with Crippen LogP contribution in [0.1, 0.15) is 25.1 Å². The number of hydrogen-bond acceptors (Lipinski definition) is 6. The van der Waals surface area contributed by atoms with E-state index in [0.717, 1.165) is 43.3 Å². The molecule has 0 atom stereocenters. The number of carbonyl (C=O) groups excluding carboxylic acids is 2. The number of halogens is 1. The van der Waals surface area contributed by atoms with Crippen LogP contribution in [0.2, 0.25) is 0 Å². The molecule has 0 fully saturated rings. The Bertz CT molecular complexity index is 1110. The maximum atomic E-state index is 11.4. The highest BCUT2D eigenvalue weighted by Gasteiger charge is 2.18. The second-order valence-corrected chi connectivity index (χ2v) is 8.36. The predicted octanol–water partition coefficient (Wildman–Crippen LogP) is 4.83. The summed E-state index contributed by atoms with van der Waals surface area (Å²) in [4.78, 5) is 23.5. The van der Waals surface area contributed by atoms with Crippen LogP contribution < -0.4 is 9.46 Å². The van der Waals surface area contributed by atoms with Crippen molar-refractivity contribution in [3.8, 4) is 22.7 Å². The van der Waals surface area contributed by atoms with Gasteiger partial charge >= 0.3 is 5.97 Å². The number of aryl methyl sites for hydroxylation is 1. The molecule has 3 aromatic rings. The summed E-state index contributed by atoms with van der Waals surface area (Å²) >= 11 is 4.84. The van der Waals surface area contributed by atoms with Crippen LogP contribution in [0, 0.1) is 6.92 Å². The zero-order chi connectivity index (χ0) is 22.5. The SMILES string of the molecule is COc1ccc(-c2c(Br)c(C)nn2-c2ccc(SNC(C)=O)c(COC(C)=O)c2)cc1. The summed E-state index contributed by atoms with van der Waals surface area (Å²) in [7, 11) is 1.63. The Hall–Kier alpha value is -2.78.